The van der Waals surface area contributed by atoms with E-state index in [9.17, 15) is 0 Å². The highest BCUT2D eigenvalue weighted by Crippen LogP contribution is 2.03. The van der Waals surface area contributed by atoms with Crippen molar-refractivity contribution < 1.29 is 4.52 Å². The first kappa shape index (κ1) is 10.5. The quantitative estimate of drug-likeness (QED) is 0.760. The van der Waals surface area contributed by atoms with Crippen LogP contribution < -0.4 is 5.73 Å². The lowest BCUT2D eigenvalue weighted by atomic mass is 10.2. The smallest absolute Gasteiger partial charge is 0.150 e. The van der Waals surface area contributed by atoms with Gasteiger partial charge in [0.1, 0.15) is 0 Å². The molecule has 0 aliphatic heterocycles. The molecule has 0 aliphatic rings. The van der Waals surface area contributed by atoms with Gasteiger partial charge in [-0.2, -0.15) is 0 Å². The minimum Gasteiger partial charge on any atom is -0.360 e. The summed E-state index contributed by atoms with van der Waals surface area (Å²) in [5.74, 6) is 0.767. The third kappa shape index (κ3) is 2.91. The Hall–Kier alpha value is -0.540. The maximum absolute atomic E-state index is 5.33. The Balaban J connectivity index is 0.000001000. The molecule has 0 spiro atoms. The van der Waals surface area contributed by atoms with Gasteiger partial charge in [-0.25, -0.2) is 0 Å². The predicted molar refractivity (Wildman–Crippen MR) is 45.6 cm³/mol. The molecule has 2 N–H and O–H groups in total. The van der Waals surface area contributed by atoms with Crippen LogP contribution in [0.2, 0.25) is 0 Å². The summed E-state index contributed by atoms with van der Waals surface area (Å²) in [4.78, 5) is 0. The Kier molecular flexibility index (Phi) is 4.90. The van der Waals surface area contributed by atoms with Gasteiger partial charge in [0, 0.05) is 6.07 Å². The standard InChI is InChI=1S/C7H12N2O.ClH/c1-2-3-6-4-7(5-8)10-9-6;/h4H,2-3,5,8H2,1H3;1H. The van der Waals surface area contributed by atoms with Crippen molar-refractivity contribution in [1.29, 1.82) is 0 Å². The fourth-order valence-corrected chi connectivity index (χ4v) is 0.826. The second-order valence-corrected chi connectivity index (χ2v) is 2.24. The Morgan fingerprint density at radius 1 is 1.64 bits per heavy atom. The summed E-state index contributed by atoms with van der Waals surface area (Å²) >= 11 is 0. The number of hydrogen-bond donors (Lipinski definition) is 1. The molecule has 0 radical (unpaired) electrons. The van der Waals surface area contributed by atoms with Crippen molar-refractivity contribution in [2.24, 2.45) is 5.73 Å². The Morgan fingerprint density at radius 2 is 2.36 bits per heavy atom. The molecule has 11 heavy (non-hydrogen) atoms. The Bertz CT molecular complexity index is 200. The molecule has 0 fully saturated rings. The maximum atomic E-state index is 5.33. The van der Waals surface area contributed by atoms with Crippen molar-refractivity contribution >= 4 is 12.4 Å². The number of nitrogens with zero attached hydrogens (tertiary/aromatic N) is 1. The zero-order chi connectivity index (χ0) is 7.40. The fraction of sp³-hybridized carbons (Fsp3) is 0.571. The first-order chi connectivity index (χ1) is 4.86. The van der Waals surface area contributed by atoms with Crippen molar-refractivity contribution in [2.75, 3.05) is 0 Å². The number of aromatic nitrogens is 1. The molecule has 0 saturated carbocycles. The van der Waals surface area contributed by atoms with Gasteiger partial charge in [0.15, 0.2) is 5.76 Å². The average molecular weight is 177 g/mol. The number of halogens is 1. The van der Waals surface area contributed by atoms with Gasteiger partial charge in [0.05, 0.1) is 12.2 Å². The van der Waals surface area contributed by atoms with Crippen LogP contribution in [0.5, 0.6) is 0 Å². The lowest BCUT2D eigenvalue weighted by molar-refractivity contribution is 0.378. The molecular weight excluding hydrogens is 164 g/mol. The van der Waals surface area contributed by atoms with E-state index in [0.717, 1.165) is 24.3 Å². The second kappa shape index (κ2) is 5.16. The molecule has 0 atom stereocenters. The molecule has 1 heterocycles. The third-order valence-electron chi connectivity index (χ3n) is 1.32. The van der Waals surface area contributed by atoms with Gasteiger partial charge in [-0.05, 0) is 6.42 Å². The van der Waals surface area contributed by atoms with E-state index < -0.39 is 0 Å². The van der Waals surface area contributed by atoms with Crippen LogP contribution in [0.4, 0.5) is 0 Å². The third-order valence-corrected chi connectivity index (χ3v) is 1.32. The first-order valence-electron chi connectivity index (χ1n) is 3.51. The van der Waals surface area contributed by atoms with E-state index in [1.54, 1.807) is 0 Å². The molecule has 0 aromatic carbocycles. The maximum Gasteiger partial charge on any atom is 0.150 e. The van der Waals surface area contributed by atoms with E-state index in [4.69, 9.17) is 10.3 Å². The van der Waals surface area contributed by atoms with Gasteiger partial charge >= 0.3 is 0 Å². The predicted octanol–water partition coefficient (Wildman–Crippen LogP) is 1.51. The SMILES string of the molecule is CCCc1cc(CN)on1.Cl. The van der Waals surface area contributed by atoms with Crippen LogP contribution in [0.25, 0.3) is 0 Å². The molecule has 0 unspecified atom stereocenters. The summed E-state index contributed by atoms with van der Waals surface area (Å²) in [5.41, 5.74) is 6.33. The average Bonchev–Trinajstić information content (AvgIpc) is 2.37. The lowest BCUT2D eigenvalue weighted by Gasteiger charge is -1.83. The van der Waals surface area contributed by atoms with E-state index in [1.807, 2.05) is 6.07 Å². The van der Waals surface area contributed by atoms with Crippen LogP contribution in [-0.2, 0) is 13.0 Å². The van der Waals surface area contributed by atoms with Crippen molar-refractivity contribution in [3.05, 3.63) is 17.5 Å². The van der Waals surface area contributed by atoms with Crippen molar-refractivity contribution in [2.45, 2.75) is 26.3 Å². The van der Waals surface area contributed by atoms with Crippen LogP contribution in [0.15, 0.2) is 10.6 Å². The Morgan fingerprint density at radius 3 is 2.82 bits per heavy atom. The topological polar surface area (TPSA) is 52.0 Å². The highest BCUT2D eigenvalue weighted by Gasteiger charge is 1.99. The molecular formula is C7H13ClN2O. The first-order valence-corrected chi connectivity index (χ1v) is 3.51. The molecule has 0 aliphatic carbocycles. The number of aryl methyl sites for hydroxylation is 1. The molecule has 1 aromatic rings. The highest BCUT2D eigenvalue weighted by molar-refractivity contribution is 5.85. The summed E-state index contributed by atoms with van der Waals surface area (Å²) in [6.07, 6.45) is 2.07. The molecule has 1 rings (SSSR count). The summed E-state index contributed by atoms with van der Waals surface area (Å²) in [6, 6.07) is 1.91. The van der Waals surface area contributed by atoms with E-state index in [2.05, 4.69) is 12.1 Å². The zero-order valence-electron chi connectivity index (χ0n) is 6.54. The van der Waals surface area contributed by atoms with Gasteiger partial charge in [-0.1, -0.05) is 18.5 Å². The van der Waals surface area contributed by atoms with Crippen LogP contribution in [0.3, 0.4) is 0 Å². The van der Waals surface area contributed by atoms with Gasteiger partial charge in [-0.3, -0.25) is 0 Å². The summed E-state index contributed by atoms with van der Waals surface area (Å²) in [5, 5.41) is 3.82. The van der Waals surface area contributed by atoms with Crippen molar-refractivity contribution in [3.8, 4) is 0 Å². The largest absolute Gasteiger partial charge is 0.360 e. The van der Waals surface area contributed by atoms with Crippen molar-refractivity contribution in [1.82, 2.24) is 5.16 Å². The Labute approximate surface area is 72.3 Å². The molecule has 0 saturated heterocycles. The molecule has 64 valence electrons. The highest BCUT2D eigenvalue weighted by atomic mass is 35.5. The fourth-order valence-electron chi connectivity index (χ4n) is 0.826. The zero-order valence-corrected chi connectivity index (χ0v) is 7.36. The van der Waals surface area contributed by atoms with Crippen molar-refractivity contribution in [3.63, 3.8) is 0 Å². The molecule has 0 bridgehead atoms. The van der Waals surface area contributed by atoms with E-state index in [-0.39, 0.29) is 12.4 Å². The van der Waals surface area contributed by atoms with E-state index in [1.165, 1.54) is 0 Å². The molecule has 3 nitrogen and oxygen atoms in total. The van der Waals surface area contributed by atoms with Gasteiger partial charge < -0.3 is 10.3 Å². The molecule has 0 amide bonds. The normalized spacial score (nSPS) is 9.27. The number of hydrogen-bond acceptors (Lipinski definition) is 3. The minimum atomic E-state index is 0. The van der Waals surface area contributed by atoms with Gasteiger partial charge in [-0.15, -0.1) is 12.4 Å². The second-order valence-electron chi connectivity index (χ2n) is 2.24. The molecule has 4 heteroatoms. The van der Waals surface area contributed by atoms with Crippen LogP contribution in [0.1, 0.15) is 24.8 Å². The number of rotatable bonds is 3. The van der Waals surface area contributed by atoms with E-state index >= 15 is 0 Å². The summed E-state index contributed by atoms with van der Waals surface area (Å²) in [7, 11) is 0. The van der Waals surface area contributed by atoms with E-state index in [0.29, 0.717) is 6.54 Å². The lowest BCUT2D eigenvalue weighted by Crippen LogP contribution is -1.92. The summed E-state index contributed by atoms with van der Waals surface area (Å²) in [6.45, 7) is 2.55. The van der Waals surface area contributed by atoms with Gasteiger partial charge in [0.25, 0.3) is 0 Å². The number of nitrogens with two attached hydrogens (primary N) is 1. The summed E-state index contributed by atoms with van der Waals surface area (Å²) < 4.78 is 4.89. The van der Waals surface area contributed by atoms with Crippen LogP contribution in [0, 0.1) is 0 Å². The molecule has 1 aromatic heterocycles. The van der Waals surface area contributed by atoms with Crippen LogP contribution in [-0.4, -0.2) is 5.16 Å². The van der Waals surface area contributed by atoms with Gasteiger partial charge in [0.2, 0.25) is 0 Å². The minimum absolute atomic E-state index is 0. The monoisotopic (exact) mass is 176 g/mol. The van der Waals surface area contributed by atoms with Crippen LogP contribution >= 0.6 is 12.4 Å².